The third-order valence-electron chi connectivity index (χ3n) is 1.70. The van der Waals surface area contributed by atoms with E-state index in [1.165, 1.54) is 6.08 Å². The zero-order chi connectivity index (χ0) is 12.4. The van der Waals surface area contributed by atoms with E-state index in [1.54, 1.807) is 17.9 Å². The smallest absolute Gasteiger partial charge is 0.209 e. The normalized spacial score (nSPS) is 17.5. The van der Waals surface area contributed by atoms with Crippen LogP contribution in [0.2, 0.25) is 0 Å². The van der Waals surface area contributed by atoms with E-state index in [0.29, 0.717) is 18.9 Å². The average molecular weight is 248 g/mol. The number of halogens is 1. The van der Waals surface area contributed by atoms with Gasteiger partial charge in [0.15, 0.2) is 0 Å². The molecular weight excluding hydrogens is 230 g/mol. The molecule has 0 aromatic heterocycles. The molecule has 1 rings (SSSR count). The number of morpholine rings is 1. The summed E-state index contributed by atoms with van der Waals surface area (Å²) in [6.07, 6.45) is 4.04. The minimum Gasteiger partial charge on any atom is -0.402 e. The van der Waals surface area contributed by atoms with Gasteiger partial charge in [0.2, 0.25) is 6.41 Å². The fourth-order valence-corrected chi connectivity index (χ4v) is 0.957. The zero-order valence-corrected chi connectivity index (χ0v) is 10.1. The van der Waals surface area contributed by atoms with E-state index in [-0.39, 0.29) is 5.16 Å². The van der Waals surface area contributed by atoms with Gasteiger partial charge in [-0.05, 0) is 19.1 Å². The van der Waals surface area contributed by atoms with E-state index in [0.717, 1.165) is 19.5 Å². The molecule has 0 radical (unpaired) electrons. The summed E-state index contributed by atoms with van der Waals surface area (Å²) in [5, 5.41) is 0.245. The fraction of sp³-hybridized carbons (Fsp3) is 0.500. The SMILES string of the molecule is C/C(N)=C/C=C(\N)Cl.O=CN1CCOCC1. The minimum atomic E-state index is 0.245. The van der Waals surface area contributed by atoms with E-state index >= 15 is 0 Å². The molecule has 0 bridgehead atoms. The molecule has 0 saturated carbocycles. The fourth-order valence-electron chi connectivity index (χ4n) is 0.894. The van der Waals surface area contributed by atoms with E-state index in [2.05, 4.69) is 0 Å². The number of ether oxygens (including phenoxy) is 1. The van der Waals surface area contributed by atoms with Crippen molar-refractivity contribution in [3.05, 3.63) is 23.0 Å². The van der Waals surface area contributed by atoms with Crippen molar-refractivity contribution in [2.45, 2.75) is 6.92 Å². The predicted molar refractivity (Wildman–Crippen MR) is 64.5 cm³/mol. The van der Waals surface area contributed by atoms with E-state index < -0.39 is 0 Å². The summed E-state index contributed by atoms with van der Waals surface area (Å²) >= 11 is 5.26. The number of nitrogens with zero attached hydrogens (tertiary/aromatic N) is 1. The van der Waals surface area contributed by atoms with Crippen LogP contribution in [0.1, 0.15) is 6.92 Å². The van der Waals surface area contributed by atoms with Crippen molar-refractivity contribution in [3.8, 4) is 0 Å². The molecule has 0 atom stereocenters. The first kappa shape index (κ1) is 14.8. The summed E-state index contributed by atoms with van der Waals surface area (Å²) < 4.78 is 5.00. The van der Waals surface area contributed by atoms with Gasteiger partial charge < -0.3 is 21.1 Å². The second-order valence-electron chi connectivity index (χ2n) is 3.22. The number of hydrogen-bond donors (Lipinski definition) is 2. The Morgan fingerprint density at radius 1 is 1.31 bits per heavy atom. The molecule has 0 aromatic rings. The van der Waals surface area contributed by atoms with Crippen LogP contribution < -0.4 is 11.5 Å². The first-order valence-corrected chi connectivity index (χ1v) is 5.26. The summed E-state index contributed by atoms with van der Waals surface area (Å²) in [6, 6.07) is 0. The van der Waals surface area contributed by atoms with Gasteiger partial charge in [0.1, 0.15) is 0 Å². The number of hydrogen-bond acceptors (Lipinski definition) is 4. The van der Waals surface area contributed by atoms with Crippen LogP contribution in [-0.2, 0) is 9.53 Å². The lowest BCUT2D eigenvalue weighted by Crippen LogP contribution is -2.34. The Bertz CT molecular complexity index is 237. The second-order valence-corrected chi connectivity index (χ2v) is 3.65. The van der Waals surface area contributed by atoms with Gasteiger partial charge in [0.05, 0.1) is 18.4 Å². The molecule has 0 aromatic carbocycles. The Hall–Kier alpha value is -1.20. The molecule has 92 valence electrons. The highest BCUT2D eigenvalue weighted by Crippen LogP contribution is 1.91. The van der Waals surface area contributed by atoms with Crippen LogP contribution in [0.4, 0.5) is 0 Å². The van der Waals surface area contributed by atoms with Crippen LogP contribution in [-0.4, -0.2) is 37.6 Å². The van der Waals surface area contributed by atoms with Gasteiger partial charge in [-0.25, -0.2) is 0 Å². The topological polar surface area (TPSA) is 81.6 Å². The highest BCUT2D eigenvalue weighted by Gasteiger charge is 2.05. The van der Waals surface area contributed by atoms with Crippen LogP contribution in [0.25, 0.3) is 0 Å². The van der Waals surface area contributed by atoms with Gasteiger partial charge in [-0.1, -0.05) is 11.6 Å². The molecule has 6 heteroatoms. The monoisotopic (exact) mass is 247 g/mol. The molecule has 16 heavy (non-hydrogen) atoms. The Balaban J connectivity index is 0.000000281. The third kappa shape index (κ3) is 9.36. The van der Waals surface area contributed by atoms with Gasteiger partial charge in [-0.2, -0.15) is 0 Å². The van der Waals surface area contributed by atoms with Crippen molar-refractivity contribution in [1.82, 2.24) is 4.90 Å². The number of rotatable bonds is 2. The standard InChI is InChI=1S/C5H9ClN2.C5H9NO2/c1-4(7)2-3-5(6)8;7-5-6-1-3-8-4-2-6/h2-3H,7-8H2,1H3;5H,1-4H2/b4-2-,5-3-;. The molecule has 5 nitrogen and oxygen atoms in total. The van der Waals surface area contributed by atoms with Crippen molar-refractivity contribution < 1.29 is 9.53 Å². The number of carbonyl (C=O) groups excluding carboxylic acids is 1. The third-order valence-corrected chi connectivity index (χ3v) is 1.83. The Labute approximate surface area is 101 Å². The maximum absolute atomic E-state index is 10.0. The Morgan fingerprint density at radius 2 is 1.88 bits per heavy atom. The van der Waals surface area contributed by atoms with Crippen LogP contribution in [0.5, 0.6) is 0 Å². The molecule has 1 aliphatic rings. The van der Waals surface area contributed by atoms with Crippen LogP contribution in [0, 0.1) is 0 Å². The summed E-state index contributed by atoms with van der Waals surface area (Å²) in [7, 11) is 0. The largest absolute Gasteiger partial charge is 0.402 e. The average Bonchev–Trinajstić information content (AvgIpc) is 2.28. The highest BCUT2D eigenvalue weighted by atomic mass is 35.5. The summed E-state index contributed by atoms with van der Waals surface area (Å²) in [5.74, 6) is 0. The molecule has 4 N–H and O–H groups in total. The van der Waals surface area contributed by atoms with Crippen molar-refractivity contribution >= 4 is 18.0 Å². The summed E-state index contributed by atoms with van der Waals surface area (Å²) in [5.41, 5.74) is 11.0. The quantitative estimate of drug-likeness (QED) is 0.420. The minimum absolute atomic E-state index is 0.245. The van der Waals surface area contributed by atoms with Gasteiger partial charge in [0, 0.05) is 18.8 Å². The molecule has 1 fully saturated rings. The van der Waals surface area contributed by atoms with Gasteiger partial charge in [0.25, 0.3) is 0 Å². The zero-order valence-electron chi connectivity index (χ0n) is 9.36. The Kier molecular flexibility index (Phi) is 8.38. The molecular formula is C10H18ClN3O2. The lowest BCUT2D eigenvalue weighted by atomic mass is 10.4. The van der Waals surface area contributed by atoms with Crippen molar-refractivity contribution in [2.24, 2.45) is 11.5 Å². The summed E-state index contributed by atoms with van der Waals surface area (Å²) in [4.78, 5) is 11.7. The lowest BCUT2D eigenvalue weighted by Gasteiger charge is -2.21. The molecule has 1 saturated heterocycles. The number of allylic oxidation sites excluding steroid dienone is 3. The molecule has 0 spiro atoms. The number of amides is 1. The van der Waals surface area contributed by atoms with Gasteiger partial charge >= 0.3 is 0 Å². The molecule has 1 amide bonds. The molecule has 0 unspecified atom stereocenters. The summed E-state index contributed by atoms with van der Waals surface area (Å²) in [6.45, 7) is 4.65. The Morgan fingerprint density at radius 3 is 2.12 bits per heavy atom. The molecule has 1 aliphatic heterocycles. The maximum atomic E-state index is 10.0. The predicted octanol–water partition coefficient (Wildman–Crippen LogP) is 0.363. The highest BCUT2D eigenvalue weighted by molar-refractivity contribution is 6.29. The van der Waals surface area contributed by atoms with Crippen LogP contribution >= 0.6 is 11.6 Å². The van der Waals surface area contributed by atoms with Crippen LogP contribution in [0.15, 0.2) is 23.0 Å². The molecule has 0 aliphatic carbocycles. The molecule has 1 heterocycles. The van der Waals surface area contributed by atoms with Crippen molar-refractivity contribution in [2.75, 3.05) is 26.3 Å². The number of carbonyl (C=O) groups is 1. The van der Waals surface area contributed by atoms with E-state index in [4.69, 9.17) is 27.8 Å². The van der Waals surface area contributed by atoms with E-state index in [9.17, 15) is 4.79 Å². The van der Waals surface area contributed by atoms with E-state index in [1.807, 2.05) is 0 Å². The number of nitrogens with two attached hydrogens (primary N) is 2. The first-order chi connectivity index (χ1) is 7.56. The second kappa shape index (κ2) is 9.06. The maximum Gasteiger partial charge on any atom is 0.209 e. The van der Waals surface area contributed by atoms with Crippen LogP contribution in [0.3, 0.4) is 0 Å². The van der Waals surface area contributed by atoms with Gasteiger partial charge in [-0.15, -0.1) is 0 Å². The van der Waals surface area contributed by atoms with Crippen molar-refractivity contribution in [3.63, 3.8) is 0 Å². The van der Waals surface area contributed by atoms with Gasteiger partial charge in [-0.3, -0.25) is 4.79 Å². The van der Waals surface area contributed by atoms with Crippen molar-refractivity contribution in [1.29, 1.82) is 0 Å². The lowest BCUT2D eigenvalue weighted by molar-refractivity contribution is -0.121. The first-order valence-electron chi connectivity index (χ1n) is 4.88.